The molecule has 0 bridgehead atoms. The summed E-state index contributed by atoms with van der Waals surface area (Å²) in [5.41, 5.74) is 1.34. The van der Waals surface area contributed by atoms with Crippen LogP contribution in [0.1, 0.15) is 18.1 Å². The van der Waals surface area contributed by atoms with Crippen molar-refractivity contribution in [1.82, 2.24) is 5.32 Å². The van der Waals surface area contributed by atoms with Gasteiger partial charge in [-0.3, -0.25) is 4.79 Å². The van der Waals surface area contributed by atoms with E-state index < -0.39 is 30.8 Å². The summed E-state index contributed by atoms with van der Waals surface area (Å²) in [5, 5.41) is 5.54. The van der Waals surface area contributed by atoms with Crippen molar-refractivity contribution < 1.29 is 31.5 Å². The summed E-state index contributed by atoms with van der Waals surface area (Å²) < 4.78 is 68.2. The van der Waals surface area contributed by atoms with Gasteiger partial charge in [-0.1, -0.05) is 30.3 Å². The Morgan fingerprint density at radius 2 is 1.86 bits per heavy atom. The lowest BCUT2D eigenvalue weighted by Gasteiger charge is -2.17. The number of nitrogens with one attached hydrogen (secondary N) is 2. The summed E-state index contributed by atoms with van der Waals surface area (Å²) in [5.74, 6) is -4.99. The molecular formula is C20H21F5N2O2. The summed E-state index contributed by atoms with van der Waals surface area (Å²) in [6.07, 6.45) is -3.79. The Hall–Kier alpha value is -2.68. The molecule has 2 rings (SSSR count). The van der Waals surface area contributed by atoms with E-state index in [1.54, 1.807) is 49.4 Å². The van der Waals surface area contributed by atoms with E-state index in [2.05, 4.69) is 15.4 Å². The highest BCUT2D eigenvalue weighted by molar-refractivity contribution is 5.84. The number of rotatable bonds is 10. The smallest absolute Gasteiger partial charge is 0.330 e. The fourth-order valence-electron chi connectivity index (χ4n) is 2.41. The molecule has 9 heteroatoms. The molecule has 0 aliphatic carbocycles. The van der Waals surface area contributed by atoms with Crippen molar-refractivity contribution >= 4 is 11.6 Å². The molecule has 4 nitrogen and oxygen atoms in total. The van der Waals surface area contributed by atoms with Crippen LogP contribution in [0.2, 0.25) is 0 Å². The van der Waals surface area contributed by atoms with E-state index in [1.165, 1.54) is 6.07 Å². The molecule has 0 radical (unpaired) electrons. The van der Waals surface area contributed by atoms with Gasteiger partial charge in [0.05, 0.1) is 6.61 Å². The van der Waals surface area contributed by atoms with Gasteiger partial charge in [-0.05, 0) is 30.7 Å². The van der Waals surface area contributed by atoms with Gasteiger partial charge in [-0.25, -0.2) is 13.2 Å². The molecule has 1 amide bonds. The topological polar surface area (TPSA) is 50.4 Å². The highest BCUT2D eigenvalue weighted by atomic mass is 19.3. The number of carbonyl (C=O) groups is 1. The number of carbonyl (C=O) groups excluding carboxylic acids is 1. The van der Waals surface area contributed by atoms with Crippen LogP contribution in [0.25, 0.3) is 0 Å². The zero-order valence-corrected chi connectivity index (χ0v) is 15.6. The zero-order chi connectivity index (χ0) is 21.4. The molecule has 0 fully saturated rings. The maximum Gasteiger partial charge on any atom is 0.330 e. The number of hydrogen-bond acceptors (Lipinski definition) is 3. The Bertz CT molecular complexity index is 817. The molecule has 0 spiro atoms. The standard InChI is InChI=1S/C20H21F5N2O2/c1-13(18(28)26-10-15-6-2-3-8-17(15)21)27-16-7-4-5-14(9-16)11-29-12-20(24,25)19(22)23/h2-9,13,19,27H,10-12H2,1H3,(H,26,28). The maximum atomic E-state index is 13.6. The minimum absolute atomic E-state index is 0.0315. The molecule has 2 N–H and O–H groups in total. The van der Waals surface area contributed by atoms with Gasteiger partial charge in [-0.2, -0.15) is 8.78 Å². The fourth-order valence-corrected chi connectivity index (χ4v) is 2.41. The molecule has 1 unspecified atom stereocenters. The molecule has 0 heterocycles. The average molecular weight is 416 g/mol. The van der Waals surface area contributed by atoms with Crippen molar-refractivity contribution in [3.05, 3.63) is 65.5 Å². The molecule has 0 saturated carbocycles. The van der Waals surface area contributed by atoms with E-state index in [0.29, 0.717) is 16.8 Å². The van der Waals surface area contributed by atoms with Gasteiger partial charge < -0.3 is 15.4 Å². The van der Waals surface area contributed by atoms with Crippen molar-refractivity contribution in [1.29, 1.82) is 0 Å². The highest BCUT2D eigenvalue weighted by Crippen LogP contribution is 2.23. The SMILES string of the molecule is CC(Nc1cccc(COCC(F)(F)C(F)F)c1)C(=O)NCc1ccccc1F. The Balaban J connectivity index is 1.85. The van der Waals surface area contributed by atoms with Crippen LogP contribution < -0.4 is 10.6 Å². The van der Waals surface area contributed by atoms with Crippen molar-refractivity contribution in [2.45, 2.75) is 38.5 Å². The van der Waals surface area contributed by atoms with Crippen LogP contribution in [0.5, 0.6) is 0 Å². The van der Waals surface area contributed by atoms with E-state index >= 15 is 0 Å². The number of halogens is 5. The van der Waals surface area contributed by atoms with Gasteiger partial charge in [0.25, 0.3) is 0 Å². The van der Waals surface area contributed by atoms with Crippen LogP contribution >= 0.6 is 0 Å². The number of alkyl halides is 4. The molecule has 29 heavy (non-hydrogen) atoms. The second-order valence-corrected chi connectivity index (χ2v) is 6.43. The quantitative estimate of drug-likeness (QED) is 0.566. The predicted molar refractivity (Wildman–Crippen MR) is 98.4 cm³/mol. The van der Waals surface area contributed by atoms with Crippen LogP contribution in [-0.2, 0) is 22.7 Å². The van der Waals surface area contributed by atoms with Crippen LogP contribution in [0.15, 0.2) is 48.5 Å². The Kier molecular flexibility index (Phi) is 7.95. The summed E-state index contributed by atoms with van der Waals surface area (Å²) in [4.78, 5) is 12.2. The molecule has 0 saturated heterocycles. The lowest BCUT2D eigenvalue weighted by atomic mass is 10.2. The second-order valence-electron chi connectivity index (χ2n) is 6.43. The molecular weight excluding hydrogens is 395 g/mol. The average Bonchev–Trinajstić information content (AvgIpc) is 2.67. The predicted octanol–water partition coefficient (Wildman–Crippen LogP) is 4.36. The lowest BCUT2D eigenvalue weighted by molar-refractivity contribution is -0.168. The number of hydrogen-bond donors (Lipinski definition) is 2. The van der Waals surface area contributed by atoms with Crippen LogP contribution in [0.4, 0.5) is 27.6 Å². The number of anilines is 1. The maximum absolute atomic E-state index is 13.6. The number of benzene rings is 2. The Morgan fingerprint density at radius 3 is 2.55 bits per heavy atom. The van der Waals surface area contributed by atoms with Crippen molar-refractivity contribution in [3.63, 3.8) is 0 Å². The van der Waals surface area contributed by atoms with Crippen molar-refractivity contribution in [2.24, 2.45) is 0 Å². The van der Waals surface area contributed by atoms with Crippen LogP contribution in [0.3, 0.4) is 0 Å². The normalized spacial score (nSPS) is 12.7. The van der Waals surface area contributed by atoms with Gasteiger partial charge >= 0.3 is 12.3 Å². The van der Waals surface area contributed by atoms with E-state index in [0.717, 1.165) is 0 Å². The summed E-state index contributed by atoms with van der Waals surface area (Å²) in [7, 11) is 0. The first kappa shape index (κ1) is 22.6. The molecule has 2 aromatic rings. The van der Waals surface area contributed by atoms with E-state index in [-0.39, 0.29) is 19.1 Å². The monoisotopic (exact) mass is 416 g/mol. The summed E-state index contributed by atoms with van der Waals surface area (Å²) >= 11 is 0. The minimum Gasteiger partial charge on any atom is -0.374 e. The lowest BCUT2D eigenvalue weighted by Crippen LogP contribution is -2.37. The molecule has 0 aliphatic rings. The van der Waals surface area contributed by atoms with Crippen LogP contribution in [-0.4, -0.2) is 30.9 Å². The Morgan fingerprint density at radius 1 is 1.14 bits per heavy atom. The van der Waals surface area contributed by atoms with E-state index in [1.807, 2.05) is 0 Å². The number of ether oxygens (including phenoxy) is 1. The van der Waals surface area contributed by atoms with Gasteiger partial charge in [0.15, 0.2) is 0 Å². The Labute approximate surface area is 165 Å². The molecule has 0 aromatic heterocycles. The third-order valence-electron chi connectivity index (χ3n) is 4.00. The van der Waals surface area contributed by atoms with Crippen molar-refractivity contribution in [2.75, 3.05) is 11.9 Å². The first-order chi connectivity index (χ1) is 13.7. The van der Waals surface area contributed by atoms with Crippen molar-refractivity contribution in [3.8, 4) is 0 Å². The number of amides is 1. The molecule has 158 valence electrons. The summed E-state index contributed by atoms with van der Waals surface area (Å²) in [6.45, 7) is -0.0460. The van der Waals surface area contributed by atoms with Gasteiger partial charge in [0, 0.05) is 17.8 Å². The molecule has 0 aliphatic heterocycles. The van der Waals surface area contributed by atoms with Crippen LogP contribution in [0, 0.1) is 5.82 Å². The molecule has 1 atom stereocenters. The summed E-state index contributed by atoms with van der Waals surface area (Å²) in [6, 6.07) is 11.8. The first-order valence-corrected chi connectivity index (χ1v) is 8.79. The second kappa shape index (κ2) is 10.2. The minimum atomic E-state index is -4.21. The first-order valence-electron chi connectivity index (χ1n) is 8.79. The largest absolute Gasteiger partial charge is 0.374 e. The zero-order valence-electron chi connectivity index (χ0n) is 15.6. The van der Waals surface area contributed by atoms with Gasteiger partial charge in [0.1, 0.15) is 18.5 Å². The third kappa shape index (κ3) is 7.01. The van der Waals surface area contributed by atoms with E-state index in [4.69, 9.17) is 0 Å². The highest BCUT2D eigenvalue weighted by Gasteiger charge is 2.40. The molecule has 2 aromatic carbocycles. The fraction of sp³-hybridized carbons (Fsp3) is 0.350. The van der Waals surface area contributed by atoms with Gasteiger partial charge in [-0.15, -0.1) is 0 Å². The third-order valence-corrected chi connectivity index (χ3v) is 4.00. The van der Waals surface area contributed by atoms with E-state index in [9.17, 15) is 26.7 Å². The van der Waals surface area contributed by atoms with Gasteiger partial charge in [0.2, 0.25) is 5.91 Å².